The lowest BCUT2D eigenvalue weighted by Crippen LogP contribution is -2.23. The van der Waals surface area contributed by atoms with Crippen LogP contribution in [0.15, 0.2) is 34.8 Å². The van der Waals surface area contributed by atoms with Crippen molar-refractivity contribution in [2.45, 2.75) is 19.3 Å². The molecular formula is C15H17BrO2. The molecule has 3 heteroatoms. The molecule has 0 radical (unpaired) electrons. The van der Waals surface area contributed by atoms with Crippen LogP contribution in [0, 0.1) is 0 Å². The molecule has 0 atom stereocenters. The molecule has 0 aliphatic carbocycles. The Morgan fingerprint density at radius 1 is 1.22 bits per heavy atom. The van der Waals surface area contributed by atoms with Gasteiger partial charge in [0, 0.05) is 15.5 Å². The average Bonchev–Trinajstić information content (AvgIpc) is 2.37. The van der Waals surface area contributed by atoms with E-state index in [1.807, 2.05) is 32.0 Å². The van der Waals surface area contributed by atoms with Crippen molar-refractivity contribution in [3.05, 3.63) is 40.4 Å². The second kappa shape index (κ2) is 4.90. The van der Waals surface area contributed by atoms with Crippen LogP contribution < -0.4 is 4.74 Å². The highest BCUT2D eigenvalue weighted by Gasteiger charge is 2.26. The fraction of sp³-hybridized carbons (Fsp3) is 0.333. The van der Waals surface area contributed by atoms with Crippen LogP contribution in [0.2, 0.25) is 0 Å². The van der Waals surface area contributed by atoms with Gasteiger partial charge in [0.2, 0.25) is 0 Å². The first kappa shape index (κ1) is 13.4. The molecule has 0 bridgehead atoms. The van der Waals surface area contributed by atoms with Gasteiger partial charge in [-0.2, -0.15) is 0 Å². The van der Waals surface area contributed by atoms with Crippen LogP contribution in [0.3, 0.4) is 0 Å². The minimum absolute atomic E-state index is 0.0819. The molecule has 96 valence electrons. The summed E-state index contributed by atoms with van der Waals surface area (Å²) in [4.78, 5) is 0. The Hall–Kier alpha value is -1.06. The van der Waals surface area contributed by atoms with Crippen LogP contribution in [-0.4, -0.2) is 18.8 Å². The van der Waals surface area contributed by atoms with Crippen molar-refractivity contribution >= 4 is 26.7 Å². The standard InChI is InChI=1S/C15H17BrO2/c1-15(2,9-17)14-12-6-5-11(16)8-10(12)4-7-13(14)18-3/h4-8,17H,9H2,1-3H3. The minimum atomic E-state index is -0.335. The summed E-state index contributed by atoms with van der Waals surface area (Å²) in [7, 11) is 1.66. The van der Waals surface area contributed by atoms with Crippen molar-refractivity contribution in [3.8, 4) is 5.75 Å². The molecule has 18 heavy (non-hydrogen) atoms. The maximum Gasteiger partial charge on any atom is 0.123 e. The lowest BCUT2D eigenvalue weighted by Gasteiger charge is -2.26. The molecule has 0 amide bonds. The van der Waals surface area contributed by atoms with Crippen LogP contribution in [0.25, 0.3) is 10.8 Å². The lowest BCUT2D eigenvalue weighted by atomic mass is 9.82. The third-order valence-electron chi connectivity index (χ3n) is 3.24. The van der Waals surface area contributed by atoms with Gasteiger partial charge < -0.3 is 9.84 Å². The summed E-state index contributed by atoms with van der Waals surface area (Å²) in [6, 6.07) is 10.1. The lowest BCUT2D eigenvalue weighted by molar-refractivity contribution is 0.216. The van der Waals surface area contributed by atoms with Crippen LogP contribution in [-0.2, 0) is 5.41 Å². The molecule has 0 aliphatic rings. The highest BCUT2D eigenvalue weighted by molar-refractivity contribution is 9.10. The van der Waals surface area contributed by atoms with Gasteiger partial charge >= 0.3 is 0 Å². The first-order chi connectivity index (χ1) is 8.49. The number of halogens is 1. The number of benzene rings is 2. The fourth-order valence-electron chi connectivity index (χ4n) is 2.23. The molecule has 0 heterocycles. The predicted molar refractivity (Wildman–Crippen MR) is 78.3 cm³/mol. The van der Waals surface area contributed by atoms with Crippen molar-refractivity contribution in [2.24, 2.45) is 0 Å². The maximum atomic E-state index is 9.62. The summed E-state index contributed by atoms with van der Waals surface area (Å²) in [6.07, 6.45) is 0. The summed E-state index contributed by atoms with van der Waals surface area (Å²) in [5.74, 6) is 0.823. The van der Waals surface area contributed by atoms with E-state index in [1.165, 1.54) is 0 Å². The summed E-state index contributed by atoms with van der Waals surface area (Å²) in [6.45, 7) is 4.12. The van der Waals surface area contributed by atoms with Gasteiger partial charge in [0.25, 0.3) is 0 Å². The van der Waals surface area contributed by atoms with Gasteiger partial charge in [-0.15, -0.1) is 0 Å². The Labute approximate surface area is 116 Å². The number of fused-ring (bicyclic) bond motifs is 1. The van der Waals surface area contributed by atoms with Gasteiger partial charge in [0.1, 0.15) is 5.75 Å². The molecule has 0 saturated heterocycles. The van der Waals surface area contributed by atoms with E-state index in [2.05, 4.69) is 28.1 Å². The predicted octanol–water partition coefficient (Wildman–Crippen LogP) is 3.88. The highest BCUT2D eigenvalue weighted by atomic mass is 79.9. The zero-order chi connectivity index (χ0) is 13.3. The first-order valence-electron chi connectivity index (χ1n) is 5.87. The number of hydrogen-bond donors (Lipinski definition) is 1. The average molecular weight is 309 g/mol. The summed E-state index contributed by atoms with van der Waals surface area (Å²) in [5, 5.41) is 11.9. The smallest absolute Gasteiger partial charge is 0.123 e. The molecule has 0 aliphatic heterocycles. The number of methoxy groups -OCH3 is 1. The van der Waals surface area contributed by atoms with Crippen LogP contribution in [0.4, 0.5) is 0 Å². The van der Waals surface area contributed by atoms with E-state index in [-0.39, 0.29) is 12.0 Å². The highest BCUT2D eigenvalue weighted by Crippen LogP contribution is 2.38. The van der Waals surface area contributed by atoms with Crippen LogP contribution in [0.1, 0.15) is 19.4 Å². The van der Waals surface area contributed by atoms with Crippen molar-refractivity contribution in [1.82, 2.24) is 0 Å². The molecule has 0 aromatic heterocycles. The number of aliphatic hydroxyl groups excluding tert-OH is 1. The largest absolute Gasteiger partial charge is 0.496 e. The normalized spacial score (nSPS) is 11.8. The van der Waals surface area contributed by atoms with Gasteiger partial charge in [-0.3, -0.25) is 0 Å². The number of ether oxygens (including phenoxy) is 1. The van der Waals surface area contributed by atoms with Crippen molar-refractivity contribution in [2.75, 3.05) is 13.7 Å². The molecule has 1 N–H and O–H groups in total. The van der Waals surface area contributed by atoms with E-state index in [9.17, 15) is 5.11 Å². The SMILES string of the molecule is COc1ccc2cc(Br)ccc2c1C(C)(C)CO. The summed E-state index contributed by atoms with van der Waals surface area (Å²) < 4.78 is 6.50. The van der Waals surface area contributed by atoms with Crippen LogP contribution >= 0.6 is 15.9 Å². The topological polar surface area (TPSA) is 29.5 Å². The Morgan fingerprint density at radius 3 is 2.56 bits per heavy atom. The molecular weight excluding hydrogens is 292 g/mol. The summed E-state index contributed by atoms with van der Waals surface area (Å²) >= 11 is 3.48. The van der Waals surface area contributed by atoms with E-state index in [1.54, 1.807) is 7.11 Å². The third-order valence-corrected chi connectivity index (χ3v) is 3.73. The molecule has 2 aromatic carbocycles. The fourth-order valence-corrected chi connectivity index (χ4v) is 2.61. The van der Waals surface area contributed by atoms with Crippen molar-refractivity contribution < 1.29 is 9.84 Å². The van der Waals surface area contributed by atoms with Gasteiger partial charge in [0.05, 0.1) is 13.7 Å². The first-order valence-corrected chi connectivity index (χ1v) is 6.66. The number of hydrogen-bond acceptors (Lipinski definition) is 2. The van der Waals surface area contributed by atoms with Gasteiger partial charge in [-0.25, -0.2) is 0 Å². The number of rotatable bonds is 3. The van der Waals surface area contributed by atoms with E-state index >= 15 is 0 Å². The Morgan fingerprint density at radius 2 is 1.94 bits per heavy atom. The van der Waals surface area contributed by atoms with E-state index < -0.39 is 0 Å². The molecule has 0 saturated carbocycles. The molecule has 0 fully saturated rings. The molecule has 0 unspecified atom stereocenters. The van der Waals surface area contributed by atoms with Crippen molar-refractivity contribution in [3.63, 3.8) is 0 Å². The second-order valence-electron chi connectivity index (χ2n) is 5.05. The van der Waals surface area contributed by atoms with Gasteiger partial charge in [0.15, 0.2) is 0 Å². The Bertz CT molecular complexity index is 576. The maximum absolute atomic E-state index is 9.62. The molecule has 0 spiro atoms. The molecule has 2 aromatic rings. The molecule has 2 nitrogen and oxygen atoms in total. The second-order valence-corrected chi connectivity index (χ2v) is 5.97. The van der Waals surface area contributed by atoms with E-state index in [0.717, 1.165) is 26.6 Å². The zero-order valence-electron chi connectivity index (χ0n) is 10.8. The monoisotopic (exact) mass is 308 g/mol. The Balaban J connectivity index is 2.81. The third kappa shape index (κ3) is 2.25. The number of aliphatic hydroxyl groups is 1. The minimum Gasteiger partial charge on any atom is -0.496 e. The van der Waals surface area contributed by atoms with E-state index in [0.29, 0.717) is 0 Å². The van der Waals surface area contributed by atoms with E-state index in [4.69, 9.17) is 4.74 Å². The van der Waals surface area contributed by atoms with Gasteiger partial charge in [-0.1, -0.05) is 41.9 Å². The quantitative estimate of drug-likeness (QED) is 0.932. The van der Waals surface area contributed by atoms with Gasteiger partial charge in [-0.05, 0) is 29.0 Å². The Kier molecular flexibility index (Phi) is 3.64. The zero-order valence-corrected chi connectivity index (χ0v) is 12.4. The molecule has 2 rings (SSSR count). The van der Waals surface area contributed by atoms with Crippen molar-refractivity contribution in [1.29, 1.82) is 0 Å². The summed E-state index contributed by atoms with van der Waals surface area (Å²) in [5.41, 5.74) is 0.719. The van der Waals surface area contributed by atoms with Crippen LogP contribution in [0.5, 0.6) is 5.75 Å².